The number of ether oxygens (including phenoxy) is 2. The van der Waals surface area contributed by atoms with Gasteiger partial charge in [0, 0.05) is 24.4 Å². The molecule has 2 aromatic heterocycles. The molecule has 1 N–H and O–H groups in total. The maximum absolute atomic E-state index is 13.5. The topological polar surface area (TPSA) is 84.5 Å². The second-order valence-corrected chi connectivity index (χ2v) is 9.93. The highest BCUT2D eigenvalue weighted by atomic mass is 35.5. The third kappa shape index (κ3) is 4.13. The average Bonchev–Trinajstić information content (AvgIpc) is 3.34. The monoisotopic (exact) mass is 485 g/mol. The predicted octanol–water partition coefficient (Wildman–Crippen LogP) is 4.58. The molecule has 0 radical (unpaired) electrons. The van der Waals surface area contributed by atoms with E-state index in [0.29, 0.717) is 64.2 Å². The average molecular weight is 486 g/mol. The molecule has 3 aromatic rings. The lowest BCUT2D eigenvalue weighted by molar-refractivity contribution is -0.123. The Morgan fingerprint density at radius 2 is 1.94 bits per heavy atom. The van der Waals surface area contributed by atoms with Crippen LogP contribution in [0.3, 0.4) is 0 Å². The van der Waals surface area contributed by atoms with Crippen LogP contribution in [-0.2, 0) is 4.79 Å². The van der Waals surface area contributed by atoms with E-state index in [4.69, 9.17) is 21.1 Å². The number of nitrogens with zero attached hydrogens (tertiary/aromatic N) is 2. The Balaban J connectivity index is 1.66. The molecule has 2 aliphatic rings. The summed E-state index contributed by atoms with van der Waals surface area (Å²) in [4.78, 5) is 37.4. The molecule has 9 heteroatoms. The van der Waals surface area contributed by atoms with Crippen LogP contribution >= 0.6 is 22.9 Å². The van der Waals surface area contributed by atoms with Gasteiger partial charge in [0.25, 0.3) is 11.5 Å². The van der Waals surface area contributed by atoms with E-state index in [1.54, 1.807) is 23.1 Å². The lowest BCUT2D eigenvalue weighted by Gasteiger charge is -2.17. The summed E-state index contributed by atoms with van der Waals surface area (Å²) < 4.78 is 11.5. The lowest BCUT2D eigenvalue weighted by Crippen LogP contribution is -2.29. The van der Waals surface area contributed by atoms with Gasteiger partial charge in [0.2, 0.25) is 0 Å². The lowest BCUT2D eigenvalue weighted by atomic mass is 10.1. The van der Waals surface area contributed by atoms with Crippen molar-refractivity contribution in [3.63, 3.8) is 0 Å². The molecule has 172 valence electrons. The van der Waals surface area contributed by atoms with Crippen molar-refractivity contribution in [3.8, 4) is 11.5 Å². The standard InChI is InChI=1S/C24H24ClN3O4S/c1-13-14(2)33-23-19(13)22(29)26-21(27-23)16(24(30)28-6-3-4-7-28)10-15-11-17(25)20-18(12-15)31-8-5-9-32-20/h10-12H,3-9H2,1-2H3,(H,26,27,29)/b16-10+. The fraction of sp³-hybridized carbons (Fsp3) is 0.375. The Morgan fingerprint density at radius 3 is 2.73 bits per heavy atom. The number of aryl methyl sites for hydroxylation is 2. The van der Waals surface area contributed by atoms with Gasteiger partial charge in [-0.2, -0.15) is 0 Å². The van der Waals surface area contributed by atoms with E-state index in [1.807, 2.05) is 13.8 Å². The number of carbonyl (C=O) groups is 1. The number of hydrogen-bond acceptors (Lipinski definition) is 6. The second kappa shape index (κ2) is 8.83. The first-order valence-corrected chi connectivity index (χ1v) is 12.2. The number of amides is 1. The smallest absolute Gasteiger partial charge is 0.260 e. The van der Waals surface area contributed by atoms with Crippen molar-refractivity contribution in [2.24, 2.45) is 0 Å². The zero-order valence-corrected chi connectivity index (χ0v) is 20.1. The fourth-order valence-electron chi connectivity index (χ4n) is 4.20. The first-order chi connectivity index (χ1) is 15.9. The van der Waals surface area contributed by atoms with E-state index in [0.717, 1.165) is 29.7 Å². The quantitative estimate of drug-likeness (QED) is 0.549. The molecule has 1 saturated heterocycles. The van der Waals surface area contributed by atoms with Gasteiger partial charge in [0.15, 0.2) is 11.5 Å². The number of aromatic nitrogens is 2. The third-order valence-electron chi connectivity index (χ3n) is 6.05. The number of benzene rings is 1. The minimum Gasteiger partial charge on any atom is -0.489 e. The zero-order chi connectivity index (χ0) is 23.1. The van der Waals surface area contributed by atoms with Crippen molar-refractivity contribution in [3.05, 3.63) is 49.3 Å². The maximum atomic E-state index is 13.5. The number of fused-ring (bicyclic) bond motifs is 2. The molecule has 1 amide bonds. The minimum atomic E-state index is -0.242. The third-order valence-corrected chi connectivity index (χ3v) is 7.44. The molecule has 0 saturated carbocycles. The second-order valence-electron chi connectivity index (χ2n) is 8.32. The Morgan fingerprint density at radius 1 is 1.18 bits per heavy atom. The summed E-state index contributed by atoms with van der Waals surface area (Å²) in [5.74, 6) is 1.15. The summed E-state index contributed by atoms with van der Waals surface area (Å²) in [6.07, 6.45) is 4.40. The van der Waals surface area contributed by atoms with Gasteiger partial charge in [-0.1, -0.05) is 11.6 Å². The van der Waals surface area contributed by atoms with Crippen molar-refractivity contribution in [2.75, 3.05) is 26.3 Å². The van der Waals surface area contributed by atoms with Crippen molar-refractivity contribution in [1.82, 2.24) is 14.9 Å². The van der Waals surface area contributed by atoms with Gasteiger partial charge in [0.05, 0.1) is 29.2 Å². The molecule has 0 aliphatic carbocycles. The van der Waals surface area contributed by atoms with E-state index >= 15 is 0 Å². The van der Waals surface area contributed by atoms with E-state index < -0.39 is 0 Å². The Kier molecular flexibility index (Phi) is 5.88. The molecule has 0 atom stereocenters. The molecule has 4 heterocycles. The van der Waals surface area contributed by atoms with Gasteiger partial charge in [-0.25, -0.2) is 4.98 Å². The van der Waals surface area contributed by atoms with E-state index in [2.05, 4.69) is 9.97 Å². The summed E-state index contributed by atoms with van der Waals surface area (Å²) in [6.45, 7) is 6.30. The molecule has 2 aliphatic heterocycles. The number of halogens is 1. The highest BCUT2D eigenvalue weighted by molar-refractivity contribution is 7.18. The predicted molar refractivity (Wildman–Crippen MR) is 130 cm³/mol. The first kappa shape index (κ1) is 22.0. The van der Waals surface area contributed by atoms with Crippen LogP contribution in [0.1, 0.15) is 41.1 Å². The van der Waals surface area contributed by atoms with Gasteiger partial charge < -0.3 is 19.4 Å². The van der Waals surface area contributed by atoms with Crippen molar-refractivity contribution >= 4 is 50.7 Å². The molecule has 5 rings (SSSR count). The number of nitrogens with one attached hydrogen (secondary N) is 1. The number of carbonyl (C=O) groups excluding carboxylic acids is 1. The fourth-order valence-corrected chi connectivity index (χ4v) is 5.51. The highest BCUT2D eigenvalue weighted by Gasteiger charge is 2.26. The summed E-state index contributed by atoms with van der Waals surface area (Å²) >= 11 is 7.94. The van der Waals surface area contributed by atoms with Crippen LogP contribution in [0.2, 0.25) is 5.02 Å². The highest BCUT2D eigenvalue weighted by Crippen LogP contribution is 2.39. The van der Waals surface area contributed by atoms with Crippen molar-refractivity contribution in [2.45, 2.75) is 33.1 Å². The normalized spacial score (nSPS) is 16.3. The van der Waals surface area contributed by atoms with Crippen LogP contribution in [0.5, 0.6) is 11.5 Å². The summed E-state index contributed by atoms with van der Waals surface area (Å²) in [5, 5.41) is 0.989. The summed E-state index contributed by atoms with van der Waals surface area (Å²) in [5.41, 5.74) is 1.67. The van der Waals surface area contributed by atoms with Gasteiger partial charge in [-0.3, -0.25) is 9.59 Å². The number of aromatic amines is 1. The molecule has 0 bridgehead atoms. The summed E-state index contributed by atoms with van der Waals surface area (Å²) in [6, 6.07) is 3.54. The molecular formula is C24H24ClN3O4S. The van der Waals surface area contributed by atoms with Crippen LogP contribution in [0.15, 0.2) is 16.9 Å². The van der Waals surface area contributed by atoms with Crippen LogP contribution in [0.4, 0.5) is 0 Å². The van der Waals surface area contributed by atoms with E-state index in [9.17, 15) is 9.59 Å². The van der Waals surface area contributed by atoms with Gasteiger partial charge >= 0.3 is 0 Å². The minimum absolute atomic E-state index is 0.164. The molecule has 7 nitrogen and oxygen atoms in total. The van der Waals surface area contributed by atoms with Crippen LogP contribution in [-0.4, -0.2) is 47.1 Å². The van der Waals surface area contributed by atoms with Gasteiger partial charge in [0.1, 0.15) is 10.7 Å². The number of hydrogen-bond donors (Lipinski definition) is 1. The van der Waals surface area contributed by atoms with Crippen LogP contribution < -0.4 is 15.0 Å². The summed E-state index contributed by atoms with van der Waals surface area (Å²) in [7, 11) is 0. The van der Waals surface area contributed by atoms with Crippen LogP contribution in [0, 0.1) is 13.8 Å². The molecule has 1 aromatic carbocycles. The first-order valence-electron chi connectivity index (χ1n) is 11.0. The molecule has 33 heavy (non-hydrogen) atoms. The van der Waals surface area contributed by atoms with Gasteiger partial charge in [-0.15, -0.1) is 11.3 Å². The molecule has 0 spiro atoms. The Bertz CT molecular complexity index is 1340. The number of thiophene rings is 1. The molecular weight excluding hydrogens is 462 g/mol. The zero-order valence-electron chi connectivity index (χ0n) is 18.5. The van der Waals surface area contributed by atoms with Crippen molar-refractivity contribution in [1.29, 1.82) is 0 Å². The Hall–Kier alpha value is -2.84. The van der Waals surface area contributed by atoms with E-state index in [1.165, 1.54) is 11.3 Å². The van der Waals surface area contributed by atoms with Crippen LogP contribution in [0.25, 0.3) is 21.9 Å². The van der Waals surface area contributed by atoms with Crippen molar-refractivity contribution < 1.29 is 14.3 Å². The molecule has 1 fully saturated rings. The number of rotatable bonds is 3. The number of likely N-dealkylation sites (tertiary alicyclic amines) is 1. The SMILES string of the molecule is Cc1sc2nc(/C(=C\c3cc(Cl)c4c(c3)OCCCO4)C(=O)N3CCCC3)[nH]c(=O)c2c1C. The number of H-pyrrole nitrogens is 1. The molecule has 0 unspecified atom stereocenters. The maximum Gasteiger partial charge on any atom is 0.260 e. The Labute approximate surface area is 200 Å². The van der Waals surface area contributed by atoms with Gasteiger partial charge in [-0.05, 0) is 56.0 Å². The largest absolute Gasteiger partial charge is 0.489 e. The van der Waals surface area contributed by atoms with E-state index in [-0.39, 0.29) is 17.3 Å².